The number of ketones is 2. The molecule has 4 nitrogen and oxygen atoms in total. The molecule has 1 aliphatic rings. The summed E-state index contributed by atoms with van der Waals surface area (Å²) < 4.78 is 5.84. The number of Topliss-reactive ketones (excluding diaryl/α,β-unsaturated/α-hetero) is 2. The molecule has 1 saturated heterocycles. The first-order valence-corrected chi connectivity index (χ1v) is 9.18. The summed E-state index contributed by atoms with van der Waals surface area (Å²) in [7, 11) is 0. The average molecular weight is 447 g/mol. The highest BCUT2D eigenvalue weighted by Crippen LogP contribution is 2.25. The average Bonchev–Trinajstić information content (AvgIpc) is 2.69. The zero-order chi connectivity index (χ0) is 17.6. The number of halogens is 1. The van der Waals surface area contributed by atoms with Crippen LogP contribution in [0.3, 0.4) is 0 Å². The smallest absolute Gasteiger partial charge is 0.210 e. The minimum Gasteiger partial charge on any atom is -0.378 e. The van der Waals surface area contributed by atoms with Gasteiger partial charge >= 0.3 is 0 Å². The summed E-state index contributed by atoms with van der Waals surface area (Å²) in [6.45, 7) is 2.30. The third kappa shape index (κ3) is 4.16. The molecular formula is C20H18INO3. The Labute approximate surface area is 160 Å². The third-order valence-electron chi connectivity index (χ3n) is 4.02. The summed E-state index contributed by atoms with van der Waals surface area (Å²) in [4.78, 5) is 28.0. The van der Waals surface area contributed by atoms with E-state index in [9.17, 15) is 9.59 Å². The van der Waals surface area contributed by atoms with Gasteiger partial charge in [-0.1, -0.05) is 60.7 Å². The van der Waals surface area contributed by atoms with Gasteiger partial charge in [0.25, 0.3) is 0 Å². The molecule has 1 fully saturated rings. The Morgan fingerprint density at radius 3 is 1.80 bits per heavy atom. The van der Waals surface area contributed by atoms with Crippen LogP contribution in [0.2, 0.25) is 0 Å². The molecule has 1 aliphatic heterocycles. The fourth-order valence-corrected chi connectivity index (χ4v) is 3.62. The number of ether oxygens (including phenoxy) is 1. The SMILES string of the molecule is O=C(/C(I)=C(\C(=O)c1ccccc1)N1CCOCC1)c1ccccc1. The molecule has 0 bridgehead atoms. The van der Waals surface area contributed by atoms with Gasteiger partial charge in [-0.15, -0.1) is 0 Å². The fourth-order valence-electron chi connectivity index (χ4n) is 2.72. The summed E-state index contributed by atoms with van der Waals surface area (Å²) in [6.07, 6.45) is 0. The van der Waals surface area contributed by atoms with E-state index in [1.165, 1.54) is 0 Å². The van der Waals surface area contributed by atoms with Crippen molar-refractivity contribution in [2.45, 2.75) is 0 Å². The van der Waals surface area contributed by atoms with Gasteiger partial charge in [0.05, 0.1) is 16.8 Å². The predicted octanol–water partition coefficient (Wildman–Crippen LogP) is 3.73. The van der Waals surface area contributed by atoms with E-state index in [1.807, 2.05) is 63.9 Å². The van der Waals surface area contributed by atoms with Crippen LogP contribution in [0.1, 0.15) is 20.7 Å². The van der Waals surface area contributed by atoms with Crippen LogP contribution in [-0.4, -0.2) is 42.8 Å². The van der Waals surface area contributed by atoms with E-state index >= 15 is 0 Å². The van der Waals surface area contributed by atoms with Crippen molar-refractivity contribution in [2.24, 2.45) is 0 Å². The van der Waals surface area contributed by atoms with E-state index in [0.717, 1.165) is 0 Å². The lowest BCUT2D eigenvalue weighted by atomic mass is 10.0. The van der Waals surface area contributed by atoms with Gasteiger partial charge in [-0.25, -0.2) is 0 Å². The first-order chi connectivity index (χ1) is 12.2. The van der Waals surface area contributed by atoms with Crippen LogP contribution in [0.25, 0.3) is 0 Å². The van der Waals surface area contributed by atoms with Crippen molar-refractivity contribution < 1.29 is 14.3 Å². The number of carbonyl (C=O) groups excluding carboxylic acids is 2. The summed E-state index contributed by atoms with van der Waals surface area (Å²) in [6, 6.07) is 18.1. The van der Waals surface area contributed by atoms with Crippen molar-refractivity contribution in [3.05, 3.63) is 81.1 Å². The van der Waals surface area contributed by atoms with Crippen LogP contribution in [0.4, 0.5) is 0 Å². The zero-order valence-electron chi connectivity index (χ0n) is 13.7. The number of allylic oxidation sites excluding steroid dienone is 2. The van der Waals surface area contributed by atoms with Crippen LogP contribution in [0, 0.1) is 0 Å². The summed E-state index contributed by atoms with van der Waals surface area (Å²) in [5.41, 5.74) is 1.63. The maximum absolute atomic E-state index is 13.1. The van der Waals surface area contributed by atoms with Gasteiger partial charge < -0.3 is 9.64 Å². The molecular weight excluding hydrogens is 429 g/mol. The number of nitrogens with zero attached hydrogens (tertiary/aromatic N) is 1. The second-order valence-corrected chi connectivity index (χ2v) is 6.73. The highest BCUT2D eigenvalue weighted by molar-refractivity contribution is 14.1. The van der Waals surface area contributed by atoms with Crippen LogP contribution >= 0.6 is 22.6 Å². The van der Waals surface area contributed by atoms with E-state index in [4.69, 9.17) is 4.74 Å². The van der Waals surface area contributed by atoms with Crippen molar-refractivity contribution in [1.29, 1.82) is 0 Å². The second kappa shape index (κ2) is 8.40. The van der Waals surface area contributed by atoms with Gasteiger partial charge in [-0.2, -0.15) is 0 Å². The van der Waals surface area contributed by atoms with Crippen molar-refractivity contribution in [3.63, 3.8) is 0 Å². The van der Waals surface area contributed by atoms with Crippen LogP contribution in [0.15, 0.2) is 69.9 Å². The van der Waals surface area contributed by atoms with Gasteiger partial charge in [0, 0.05) is 24.2 Å². The Morgan fingerprint density at radius 1 is 0.800 bits per heavy atom. The minimum absolute atomic E-state index is 0.129. The maximum Gasteiger partial charge on any atom is 0.210 e. The molecule has 0 amide bonds. The number of rotatable bonds is 5. The highest BCUT2D eigenvalue weighted by Gasteiger charge is 2.27. The highest BCUT2D eigenvalue weighted by atomic mass is 127. The fraction of sp³-hybridized carbons (Fsp3) is 0.200. The summed E-state index contributed by atoms with van der Waals surface area (Å²) in [5.74, 6) is -0.261. The monoisotopic (exact) mass is 447 g/mol. The van der Waals surface area contributed by atoms with Gasteiger partial charge in [0.1, 0.15) is 5.70 Å². The molecule has 0 aromatic heterocycles. The van der Waals surface area contributed by atoms with E-state index in [0.29, 0.717) is 46.7 Å². The lowest BCUT2D eigenvalue weighted by Gasteiger charge is -2.31. The Kier molecular flexibility index (Phi) is 5.99. The first kappa shape index (κ1) is 17.8. The number of benzene rings is 2. The van der Waals surface area contributed by atoms with Crippen LogP contribution < -0.4 is 0 Å². The molecule has 5 heteroatoms. The molecule has 0 saturated carbocycles. The van der Waals surface area contributed by atoms with E-state index < -0.39 is 0 Å². The summed E-state index contributed by atoms with van der Waals surface area (Å²) in [5, 5.41) is 0. The van der Waals surface area contributed by atoms with Gasteiger partial charge in [-0.3, -0.25) is 9.59 Å². The molecule has 0 N–H and O–H groups in total. The second-order valence-electron chi connectivity index (χ2n) is 5.65. The largest absolute Gasteiger partial charge is 0.378 e. The van der Waals surface area contributed by atoms with Crippen molar-refractivity contribution in [1.82, 2.24) is 4.90 Å². The molecule has 25 heavy (non-hydrogen) atoms. The van der Waals surface area contributed by atoms with E-state index in [-0.39, 0.29) is 11.6 Å². The Bertz CT molecular complexity index is 781. The zero-order valence-corrected chi connectivity index (χ0v) is 15.8. The molecule has 3 rings (SSSR count). The van der Waals surface area contributed by atoms with Gasteiger partial charge in [0.15, 0.2) is 0 Å². The molecule has 0 unspecified atom stereocenters. The van der Waals surface area contributed by atoms with Crippen LogP contribution in [-0.2, 0) is 4.74 Å². The Hall–Kier alpha value is -1.99. The maximum atomic E-state index is 13.1. The normalized spacial score (nSPS) is 15.5. The number of morpholine rings is 1. The lowest BCUT2D eigenvalue weighted by Crippen LogP contribution is -2.39. The Morgan fingerprint density at radius 2 is 1.28 bits per heavy atom. The molecule has 0 aliphatic carbocycles. The predicted molar refractivity (Wildman–Crippen MR) is 105 cm³/mol. The number of hydrogen-bond donors (Lipinski definition) is 0. The summed E-state index contributed by atoms with van der Waals surface area (Å²) >= 11 is 2.00. The van der Waals surface area contributed by atoms with Crippen molar-refractivity contribution in [2.75, 3.05) is 26.3 Å². The lowest BCUT2D eigenvalue weighted by molar-refractivity contribution is 0.0503. The standard InChI is InChI=1S/C20H18INO3/c21-17(19(23)15-7-3-1-4-8-15)18(22-11-13-25-14-12-22)20(24)16-9-5-2-6-10-16/h1-10H,11-14H2/b18-17-. The van der Waals surface area contributed by atoms with Crippen molar-refractivity contribution in [3.8, 4) is 0 Å². The topological polar surface area (TPSA) is 46.6 Å². The third-order valence-corrected chi connectivity index (χ3v) is 5.02. The van der Waals surface area contributed by atoms with E-state index in [2.05, 4.69) is 0 Å². The van der Waals surface area contributed by atoms with Crippen molar-refractivity contribution >= 4 is 34.2 Å². The Balaban J connectivity index is 2.03. The molecule has 0 atom stereocenters. The first-order valence-electron chi connectivity index (χ1n) is 8.10. The minimum atomic E-state index is -0.132. The molecule has 1 heterocycles. The van der Waals surface area contributed by atoms with E-state index in [1.54, 1.807) is 24.3 Å². The molecule has 0 radical (unpaired) electrons. The van der Waals surface area contributed by atoms with Gasteiger partial charge in [0.2, 0.25) is 11.6 Å². The molecule has 128 valence electrons. The van der Waals surface area contributed by atoms with Gasteiger partial charge in [-0.05, 0) is 22.6 Å². The van der Waals surface area contributed by atoms with Crippen LogP contribution in [0.5, 0.6) is 0 Å². The quantitative estimate of drug-likeness (QED) is 0.398. The molecule has 2 aromatic carbocycles. The molecule has 2 aromatic rings. The number of carbonyl (C=O) groups is 2. The molecule has 0 spiro atoms. The number of hydrogen-bond acceptors (Lipinski definition) is 4.